The Hall–Kier alpha value is -6.10. The molecule has 0 saturated carbocycles. The van der Waals surface area contributed by atoms with Crippen molar-refractivity contribution < 1.29 is 80.2 Å². The first-order valence-electron chi connectivity index (χ1n) is 42.7. The predicted octanol–water partition coefficient (Wildman–Crippen LogP) is 25.7. The van der Waals surface area contributed by atoms with Gasteiger partial charge in [0.05, 0.1) is 26.4 Å². The Kier molecular flexibility index (Phi) is 78.4. The van der Waals surface area contributed by atoms with E-state index in [4.69, 9.17) is 37.0 Å². The molecule has 0 fully saturated rings. The van der Waals surface area contributed by atoms with Crippen molar-refractivity contribution in [1.82, 2.24) is 0 Å². The van der Waals surface area contributed by atoms with Crippen LogP contribution in [0.4, 0.5) is 0 Å². The van der Waals surface area contributed by atoms with E-state index in [9.17, 15) is 43.2 Å². The fourth-order valence-corrected chi connectivity index (χ4v) is 12.3. The fourth-order valence-electron chi connectivity index (χ4n) is 10.7. The molecule has 19 heteroatoms. The molecule has 3 N–H and O–H groups in total. The van der Waals surface area contributed by atoms with Crippen molar-refractivity contribution in [3.05, 3.63) is 194 Å². The fraction of sp³-hybridized carbons (Fsp3) is 0.613. The molecule has 0 heterocycles. The molecule has 0 radical (unpaired) electrons. The van der Waals surface area contributed by atoms with Crippen molar-refractivity contribution in [3.8, 4) is 0 Å². The summed E-state index contributed by atoms with van der Waals surface area (Å²) in [5, 5.41) is 10.7. The van der Waals surface area contributed by atoms with E-state index in [2.05, 4.69) is 222 Å². The zero-order chi connectivity index (χ0) is 81.7. The lowest BCUT2D eigenvalue weighted by molar-refractivity contribution is -0.161. The van der Waals surface area contributed by atoms with E-state index in [0.717, 1.165) is 231 Å². The average molecular weight is 1600 g/mol. The number of rotatable bonds is 78. The van der Waals surface area contributed by atoms with Gasteiger partial charge in [-0.05, 0) is 180 Å². The molecule has 0 aliphatic rings. The maximum Gasteiger partial charge on any atom is 0.472 e. The van der Waals surface area contributed by atoms with E-state index < -0.39 is 97.5 Å². The predicted molar refractivity (Wildman–Crippen MR) is 463 cm³/mol. The van der Waals surface area contributed by atoms with Gasteiger partial charge in [-0.25, -0.2) is 9.13 Å². The van der Waals surface area contributed by atoms with Gasteiger partial charge in [0.15, 0.2) is 12.2 Å². The maximum absolute atomic E-state index is 13.2. The van der Waals surface area contributed by atoms with Gasteiger partial charge in [0.2, 0.25) is 0 Å². The van der Waals surface area contributed by atoms with Crippen molar-refractivity contribution in [1.29, 1.82) is 0 Å². The van der Waals surface area contributed by atoms with Crippen LogP contribution >= 0.6 is 15.6 Å². The van der Waals surface area contributed by atoms with Crippen LogP contribution in [0.5, 0.6) is 0 Å². The number of carbonyl (C=O) groups is 4. The van der Waals surface area contributed by atoms with Crippen LogP contribution in [-0.4, -0.2) is 96.7 Å². The van der Waals surface area contributed by atoms with Crippen LogP contribution in [0.3, 0.4) is 0 Å². The summed E-state index contributed by atoms with van der Waals surface area (Å²) in [7, 11) is -10.0. The molecule has 5 atom stereocenters. The van der Waals surface area contributed by atoms with Crippen molar-refractivity contribution in [2.45, 2.75) is 329 Å². The lowest BCUT2D eigenvalue weighted by atomic mass is 10.1. The van der Waals surface area contributed by atoms with Crippen molar-refractivity contribution in [2.75, 3.05) is 39.6 Å². The molecule has 0 aromatic rings. The number of hydrogen-bond acceptors (Lipinski definition) is 15. The van der Waals surface area contributed by atoms with E-state index >= 15 is 0 Å². The third kappa shape index (κ3) is 81.9. The summed E-state index contributed by atoms with van der Waals surface area (Å²) in [6, 6.07) is 0. The smallest absolute Gasteiger partial charge is 0.462 e. The van der Waals surface area contributed by atoms with Crippen molar-refractivity contribution in [3.63, 3.8) is 0 Å². The second kappa shape index (κ2) is 82.9. The zero-order valence-corrected chi connectivity index (χ0v) is 71.3. The molecule has 0 aliphatic heterocycles. The van der Waals surface area contributed by atoms with E-state index in [-0.39, 0.29) is 25.7 Å². The first kappa shape index (κ1) is 106. The number of unbranched alkanes of at least 4 members (excludes halogenated alkanes) is 20. The van der Waals surface area contributed by atoms with E-state index in [1.54, 1.807) is 0 Å². The number of hydrogen-bond donors (Lipinski definition) is 3. The maximum atomic E-state index is 13.2. The molecule has 0 spiro atoms. The first-order valence-corrected chi connectivity index (χ1v) is 45.7. The highest BCUT2D eigenvalue weighted by atomic mass is 31.2. The zero-order valence-electron chi connectivity index (χ0n) is 69.5. The van der Waals surface area contributed by atoms with Crippen LogP contribution in [0.1, 0.15) is 310 Å². The first-order chi connectivity index (χ1) is 54.7. The van der Waals surface area contributed by atoms with Crippen LogP contribution in [-0.2, 0) is 65.4 Å². The molecule has 0 aromatic carbocycles. The molecule has 0 amide bonds. The Morgan fingerprint density at radius 1 is 0.250 bits per heavy atom. The molecule has 0 rings (SSSR count). The molecule has 0 aliphatic carbocycles. The summed E-state index contributed by atoms with van der Waals surface area (Å²) >= 11 is 0. The minimum Gasteiger partial charge on any atom is -0.462 e. The minimum atomic E-state index is -5.01. The van der Waals surface area contributed by atoms with E-state index in [1.165, 1.54) is 0 Å². The summed E-state index contributed by atoms with van der Waals surface area (Å²) in [5.41, 5.74) is 0. The summed E-state index contributed by atoms with van der Waals surface area (Å²) in [4.78, 5) is 73.3. The topological polar surface area (TPSA) is 237 Å². The monoisotopic (exact) mass is 1600 g/mol. The second-order valence-corrected chi connectivity index (χ2v) is 30.5. The molecule has 112 heavy (non-hydrogen) atoms. The average Bonchev–Trinajstić information content (AvgIpc) is 0.898. The molecule has 634 valence electrons. The summed E-state index contributed by atoms with van der Waals surface area (Å²) in [6.45, 7) is 4.34. The van der Waals surface area contributed by atoms with Crippen molar-refractivity contribution >= 4 is 39.5 Å². The van der Waals surface area contributed by atoms with Crippen LogP contribution in [0.15, 0.2) is 194 Å². The molecule has 5 unspecified atom stereocenters. The van der Waals surface area contributed by atoms with Crippen LogP contribution < -0.4 is 0 Å². The molecule has 17 nitrogen and oxygen atoms in total. The van der Waals surface area contributed by atoms with Crippen LogP contribution in [0.25, 0.3) is 0 Å². The molecule has 0 bridgehead atoms. The third-order valence-electron chi connectivity index (χ3n) is 17.0. The number of phosphoric ester groups is 2. The van der Waals surface area contributed by atoms with Gasteiger partial charge in [0.25, 0.3) is 0 Å². The number of ether oxygens (including phenoxy) is 4. The summed E-state index contributed by atoms with van der Waals surface area (Å²) < 4.78 is 68.8. The number of aliphatic hydroxyl groups excluding tert-OH is 1. The lowest BCUT2D eigenvalue weighted by Crippen LogP contribution is -2.30. The molecule has 0 saturated heterocycles. The molecular formula is C93H150O17P2. The Morgan fingerprint density at radius 2 is 0.438 bits per heavy atom. The van der Waals surface area contributed by atoms with Gasteiger partial charge in [0, 0.05) is 25.7 Å². The van der Waals surface area contributed by atoms with Gasteiger partial charge in [0.1, 0.15) is 19.3 Å². The van der Waals surface area contributed by atoms with E-state index in [1.807, 2.05) is 0 Å². The third-order valence-corrected chi connectivity index (χ3v) is 18.9. The normalized spacial score (nSPS) is 14.7. The van der Waals surface area contributed by atoms with Gasteiger partial charge >= 0.3 is 39.5 Å². The summed E-state index contributed by atoms with van der Waals surface area (Å²) in [5.74, 6) is -2.27. The number of aliphatic hydroxyl groups is 1. The van der Waals surface area contributed by atoms with Crippen LogP contribution in [0.2, 0.25) is 0 Å². The van der Waals surface area contributed by atoms with Gasteiger partial charge in [-0.1, -0.05) is 299 Å². The molecular weight excluding hydrogens is 1450 g/mol. The van der Waals surface area contributed by atoms with Gasteiger partial charge < -0.3 is 33.8 Å². The van der Waals surface area contributed by atoms with Crippen molar-refractivity contribution in [2.24, 2.45) is 0 Å². The summed E-state index contributed by atoms with van der Waals surface area (Å²) in [6.07, 6.45) is 102. The number of phosphoric acid groups is 2. The Bertz CT molecular complexity index is 2890. The number of carbonyl (C=O) groups excluding carboxylic acids is 4. The molecule has 0 aromatic heterocycles. The van der Waals surface area contributed by atoms with Gasteiger partial charge in [-0.2, -0.15) is 0 Å². The SMILES string of the molecule is CC/C=C\C/C=C\C/C=C\C/C=C\CCCCCCCCC(=O)OCC(COP(=O)(O)OCC(O)COP(=O)(O)OCC(COC(=O)CCCCCC/C=C\C/C=C\C/C=C\C/C=C\CC)OC(=O)CCCCCC/C=C\C/C=C\C/C=C\C/C=C\CC)OC(=O)CCCCCCCC/C=C\C/C=C\C/C=C\C/C=C\CC. The van der Waals surface area contributed by atoms with E-state index in [0.29, 0.717) is 25.7 Å². The Labute approximate surface area is 678 Å². The number of allylic oxidation sites excluding steroid dienone is 32. The quantitative estimate of drug-likeness (QED) is 0.0169. The number of esters is 4. The van der Waals surface area contributed by atoms with Gasteiger partial charge in [-0.15, -0.1) is 0 Å². The minimum absolute atomic E-state index is 0.0535. The van der Waals surface area contributed by atoms with Gasteiger partial charge in [-0.3, -0.25) is 37.3 Å². The Morgan fingerprint density at radius 3 is 0.670 bits per heavy atom. The highest BCUT2D eigenvalue weighted by Crippen LogP contribution is 2.45. The second-order valence-electron chi connectivity index (χ2n) is 27.6. The highest BCUT2D eigenvalue weighted by Gasteiger charge is 2.30. The largest absolute Gasteiger partial charge is 0.472 e. The highest BCUT2D eigenvalue weighted by molar-refractivity contribution is 7.47. The van der Waals surface area contributed by atoms with Crippen LogP contribution in [0, 0.1) is 0 Å². The Balaban J connectivity index is 5.48. The standard InChI is InChI=1S/C93H150O17P2/c1-5-9-13-17-21-25-29-33-37-41-43-47-50-54-58-62-66-70-74-78-91(96)104-84-89(110-93(98)80-76-72-68-64-60-56-52-48-44-42-38-34-30-26-22-18-14-10-6-2)86-108-112(101,102)106-82-87(94)81-105-111(99,100)107-85-88(109-92(97)79-75-71-67-63-59-55-51-46-40-36-32-28-24-20-16-12-8-4)83-103-90(95)77-73-69-65-61-57-53-49-45-39-35-31-27-23-19-15-11-7-3/h9-16,21-28,33-40,43-44,47-49,51,53,55,87-89,94H,5-8,17-20,29-32,41-42,45-46,50,52,54,56-86H2,1-4H3,(H,99,100)(H,101,102)/b13-9-,14-10-,15-11-,16-12-,25-21-,26-22-,27-23-,28-24-,37-33-,38-34-,39-35-,40-36-,47-43-,48-44-,53-49-,55-51-. The lowest BCUT2D eigenvalue weighted by Gasteiger charge is -2.21.